The van der Waals surface area contributed by atoms with Crippen LogP contribution in [0, 0.1) is 17.0 Å². The number of anilines is 1. The van der Waals surface area contributed by atoms with Crippen molar-refractivity contribution in [3.8, 4) is 0 Å². The second-order valence-corrected chi connectivity index (χ2v) is 4.85. The lowest BCUT2D eigenvalue weighted by atomic mass is 10.1. The highest BCUT2D eigenvalue weighted by Gasteiger charge is 2.17. The Morgan fingerprint density at radius 3 is 2.70 bits per heavy atom. The van der Waals surface area contributed by atoms with Crippen LogP contribution in [0.25, 0.3) is 0 Å². The van der Waals surface area contributed by atoms with E-state index in [0.717, 1.165) is 25.9 Å². The van der Waals surface area contributed by atoms with E-state index in [0.29, 0.717) is 11.5 Å². The van der Waals surface area contributed by atoms with Gasteiger partial charge in [-0.3, -0.25) is 14.9 Å². The molecule has 7 nitrogen and oxygen atoms in total. The monoisotopic (exact) mass is 278 g/mol. The molecular formula is C13H18N4O3. The number of nitro groups is 1. The normalized spacial score (nSPS) is 14.9. The Kier molecular flexibility index (Phi) is 4.49. The number of amides is 1. The molecule has 1 fully saturated rings. The predicted octanol–water partition coefficient (Wildman–Crippen LogP) is 1.72. The van der Waals surface area contributed by atoms with Crippen LogP contribution in [0.2, 0.25) is 0 Å². The topological polar surface area (TPSA) is 88.4 Å². The van der Waals surface area contributed by atoms with Gasteiger partial charge < -0.3 is 10.2 Å². The molecule has 0 saturated carbocycles. The van der Waals surface area contributed by atoms with Crippen LogP contribution in [0.4, 0.5) is 11.5 Å². The summed E-state index contributed by atoms with van der Waals surface area (Å²) in [5.41, 5.74) is 0.323. The average molecular weight is 278 g/mol. The standard InChI is InChI=1S/C13H18N4O3/c1-10-11(17(19)20)5-6-12(15-10)14-9-13(18)16-7-3-2-4-8-16/h5-6H,2-4,7-9H2,1H3,(H,14,15). The van der Waals surface area contributed by atoms with Crippen molar-refractivity contribution >= 4 is 17.4 Å². The van der Waals surface area contributed by atoms with Crippen molar-refractivity contribution in [2.24, 2.45) is 0 Å². The molecule has 7 heteroatoms. The van der Waals surface area contributed by atoms with Gasteiger partial charge >= 0.3 is 0 Å². The summed E-state index contributed by atoms with van der Waals surface area (Å²) in [6, 6.07) is 2.92. The zero-order valence-electron chi connectivity index (χ0n) is 11.5. The van der Waals surface area contributed by atoms with Gasteiger partial charge in [0.2, 0.25) is 5.91 Å². The lowest BCUT2D eigenvalue weighted by Crippen LogP contribution is -2.39. The maximum atomic E-state index is 12.0. The molecule has 20 heavy (non-hydrogen) atoms. The molecule has 0 bridgehead atoms. The fraction of sp³-hybridized carbons (Fsp3) is 0.538. The zero-order valence-corrected chi connectivity index (χ0v) is 11.5. The van der Waals surface area contributed by atoms with E-state index < -0.39 is 4.92 Å². The summed E-state index contributed by atoms with van der Waals surface area (Å²) in [4.78, 5) is 28.1. The molecule has 0 aromatic carbocycles. The third kappa shape index (κ3) is 3.43. The lowest BCUT2D eigenvalue weighted by molar-refractivity contribution is -0.385. The fourth-order valence-corrected chi connectivity index (χ4v) is 2.27. The number of aryl methyl sites for hydroxylation is 1. The number of nitrogens with one attached hydrogen (secondary N) is 1. The maximum Gasteiger partial charge on any atom is 0.290 e. The zero-order chi connectivity index (χ0) is 14.5. The van der Waals surface area contributed by atoms with Gasteiger partial charge in [0, 0.05) is 19.2 Å². The minimum absolute atomic E-state index is 0.0158. The van der Waals surface area contributed by atoms with Gasteiger partial charge in [-0.1, -0.05) is 0 Å². The van der Waals surface area contributed by atoms with E-state index in [2.05, 4.69) is 10.3 Å². The first kappa shape index (κ1) is 14.2. The third-order valence-electron chi connectivity index (χ3n) is 3.38. The quantitative estimate of drug-likeness (QED) is 0.669. The Hall–Kier alpha value is -2.18. The summed E-state index contributed by atoms with van der Waals surface area (Å²) in [7, 11) is 0. The van der Waals surface area contributed by atoms with Crippen molar-refractivity contribution in [3.63, 3.8) is 0 Å². The van der Waals surface area contributed by atoms with Gasteiger partial charge in [0.1, 0.15) is 11.5 Å². The molecule has 2 heterocycles. The molecule has 2 rings (SSSR count). The molecule has 0 spiro atoms. The number of pyridine rings is 1. The van der Waals surface area contributed by atoms with Crippen LogP contribution in [-0.2, 0) is 4.79 Å². The first-order valence-electron chi connectivity index (χ1n) is 6.71. The number of hydrogen-bond acceptors (Lipinski definition) is 5. The molecule has 1 aromatic heterocycles. The van der Waals surface area contributed by atoms with Gasteiger partial charge in [0.25, 0.3) is 5.69 Å². The van der Waals surface area contributed by atoms with E-state index in [9.17, 15) is 14.9 Å². The van der Waals surface area contributed by atoms with E-state index in [1.54, 1.807) is 6.92 Å². The summed E-state index contributed by atoms with van der Waals surface area (Å²) >= 11 is 0. The van der Waals surface area contributed by atoms with E-state index in [1.165, 1.54) is 18.6 Å². The van der Waals surface area contributed by atoms with Crippen LogP contribution in [-0.4, -0.2) is 40.3 Å². The average Bonchev–Trinajstić information content (AvgIpc) is 2.45. The van der Waals surface area contributed by atoms with Gasteiger partial charge in [0.15, 0.2) is 0 Å². The fourth-order valence-electron chi connectivity index (χ4n) is 2.27. The van der Waals surface area contributed by atoms with E-state index in [4.69, 9.17) is 0 Å². The molecule has 0 unspecified atom stereocenters. The van der Waals surface area contributed by atoms with Crippen molar-refractivity contribution in [2.45, 2.75) is 26.2 Å². The highest BCUT2D eigenvalue weighted by Crippen LogP contribution is 2.17. The van der Waals surface area contributed by atoms with Crippen LogP contribution >= 0.6 is 0 Å². The number of hydrogen-bond donors (Lipinski definition) is 1. The van der Waals surface area contributed by atoms with Crippen LogP contribution in [0.15, 0.2) is 12.1 Å². The molecular weight excluding hydrogens is 260 g/mol. The Balaban J connectivity index is 1.92. The van der Waals surface area contributed by atoms with Crippen molar-refractivity contribution in [1.82, 2.24) is 9.88 Å². The second kappa shape index (κ2) is 6.31. The van der Waals surface area contributed by atoms with Crippen molar-refractivity contribution in [1.29, 1.82) is 0 Å². The minimum Gasteiger partial charge on any atom is -0.361 e. The summed E-state index contributed by atoms with van der Waals surface area (Å²) in [6.07, 6.45) is 3.29. The molecule has 0 atom stereocenters. The third-order valence-corrected chi connectivity index (χ3v) is 3.38. The lowest BCUT2D eigenvalue weighted by Gasteiger charge is -2.26. The molecule has 0 aliphatic carbocycles. The Bertz CT molecular complexity index is 512. The first-order chi connectivity index (χ1) is 9.58. The molecule has 1 aliphatic heterocycles. The van der Waals surface area contributed by atoms with Gasteiger partial charge in [-0.15, -0.1) is 0 Å². The van der Waals surface area contributed by atoms with Gasteiger partial charge in [0.05, 0.1) is 11.5 Å². The molecule has 1 aliphatic rings. The summed E-state index contributed by atoms with van der Waals surface area (Å²) in [5.74, 6) is 0.529. The van der Waals surface area contributed by atoms with Crippen LogP contribution in [0.1, 0.15) is 25.0 Å². The largest absolute Gasteiger partial charge is 0.361 e. The van der Waals surface area contributed by atoms with E-state index in [-0.39, 0.29) is 18.1 Å². The number of carbonyl (C=O) groups excluding carboxylic acids is 1. The van der Waals surface area contributed by atoms with E-state index in [1.807, 2.05) is 4.90 Å². The van der Waals surface area contributed by atoms with Crippen molar-refractivity contribution in [2.75, 3.05) is 25.0 Å². The number of likely N-dealkylation sites (tertiary alicyclic amines) is 1. The first-order valence-corrected chi connectivity index (χ1v) is 6.71. The number of nitrogens with zero attached hydrogens (tertiary/aromatic N) is 3. The second-order valence-electron chi connectivity index (χ2n) is 4.85. The van der Waals surface area contributed by atoms with Crippen LogP contribution < -0.4 is 5.32 Å². The van der Waals surface area contributed by atoms with Gasteiger partial charge in [-0.25, -0.2) is 4.98 Å². The van der Waals surface area contributed by atoms with E-state index >= 15 is 0 Å². The predicted molar refractivity (Wildman–Crippen MR) is 74.5 cm³/mol. The maximum absolute atomic E-state index is 12.0. The Morgan fingerprint density at radius 2 is 2.10 bits per heavy atom. The van der Waals surface area contributed by atoms with Crippen LogP contribution in [0.3, 0.4) is 0 Å². The van der Waals surface area contributed by atoms with Gasteiger partial charge in [-0.2, -0.15) is 0 Å². The minimum atomic E-state index is -0.467. The summed E-state index contributed by atoms with van der Waals surface area (Å²) < 4.78 is 0. The Morgan fingerprint density at radius 1 is 1.40 bits per heavy atom. The molecule has 1 amide bonds. The number of carbonyl (C=O) groups is 1. The number of aromatic nitrogens is 1. The Labute approximate surface area is 117 Å². The smallest absolute Gasteiger partial charge is 0.290 e. The molecule has 1 saturated heterocycles. The molecule has 0 radical (unpaired) electrons. The van der Waals surface area contributed by atoms with Crippen molar-refractivity contribution < 1.29 is 9.72 Å². The number of rotatable bonds is 4. The highest BCUT2D eigenvalue weighted by atomic mass is 16.6. The molecule has 1 N–H and O–H groups in total. The molecule has 108 valence electrons. The highest BCUT2D eigenvalue weighted by molar-refractivity contribution is 5.80. The van der Waals surface area contributed by atoms with Crippen molar-refractivity contribution in [3.05, 3.63) is 27.9 Å². The van der Waals surface area contributed by atoms with Crippen LogP contribution in [0.5, 0.6) is 0 Å². The summed E-state index contributed by atoms with van der Waals surface area (Å²) in [6.45, 7) is 3.38. The summed E-state index contributed by atoms with van der Waals surface area (Å²) in [5, 5.41) is 13.6. The number of piperidine rings is 1. The SMILES string of the molecule is Cc1nc(NCC(=O)N2CCCCC2)ccc1[N+](=O)[O-]. The van der Waals surface area contributed by atoms with Gasteiger partial charge in [-0.05, 0) is 32.3 Å². The molecule has 1 aromatic rings.